The van der Waals surface area contributed by atoms with Crippen LogP contribution in [0.25, 0.3) is 0 Å². The zero-order valence-electron chi connectivity index (χ0n) is 10.7. The van der Waals surface area contributed by atoms with Crippen molar-refractivity contribution >= 4 is 11.6 Å². The normalized spacial score (nSPS) is 12.5. The molecule has 0 bridgehead atoms. The van der Waals surface area contributed by atoms with E-state index in [1.54, 1.807) is 0 Å². The number of aromatic nitrogens is 2. The van der Waals surface area contributed by atoms with Gasteiger partial charge in [-0.1, -0.05) is 13.8 Å². The molecule has 0 saturated carbocycles. The maximum absolute atomic E-state index is 5.79. The van der Waals surface area contributed by atoms with E-state index in [2.05, 4.69) is 35.6 Å². The van der Waals surface area contributed by atoms with Gasteiger partial charge in [0.2, 0.25) is 0 Å². The molecule has 1 atom stereocenters. The van der Waals surface area contributed by atoms with Crippen LogP contribution in [0.3, 0.4) is 0 Å². The van der Waals surface area contributed by atoms with Gasteiger partial charge in [0.15, 0.2) is 0 Å². The fourth-order valence-electron chi connectivity index (χ4n) is 1.52. The van der Waals surface area contributed by atoms with E-state index in [1.807, 2.05) is 13.1 Å². The zero-order chi connectivity index (χ0) is 12.1. The second-order valence-electron chi connectivity index (χ2n) is 4.19. The van der Waals surface area contributed by atoms with Gasteiger partial charge in [0.1, 0.15) is 17.5 Å². The molecule has 0 fully saturated rings. The Morgan fingerprint density at radius 2 is 2.06 bits per heavy atom. The van der Waals surface area contributed by atoms with Crippen molar-refractivity contribution in [1.82, 2.24) is 9.97 Å². The van der Waals surface area contributed by atoms with Gasteiger partial charge in [-0.3, -0.25) is 0 Å². The molecule has 0 amide bonds. The van der Waals surface area contributed by atoms with E-state index in [4.69, 9.17) is 5.73 Å². The molecule has 0 aliphatic carbocycles. The SMILES string of the molecule is CCCc1nc(N)cc(N(C)C(C)CC)n1. The monoisotopic (exact) mass is 222 g/mol. The molecule has 4 nitrogen and oxygen atoms in total. The lowest BCUT2D eigenvalue weighted by Gasteiger charge is -2.25. The fourth-order valence-corrected chi connectivity index (χ4v) is 1.52. The quantitative estimate of drug-likeness (QED) is 0.830. The predicted molar refractivity (Wildman–Crippen MR) is 68.6 cm³/mol. The van der Waals surface area contributed by atoms with Crippen LogP contribution < -0.4 is 10.6 Å². The van der Waals surface area contributed by atoms with Crippen LogP contribution in [0.2, 0.25) is 0 Å². The Morgan fingerprint density at radius 1 is 1.38 bits per heavy atom. The number of rotatable bonds is 5. The van der Waals surface area contributed by atoms with Gasteiger partial charge >= 0.3 is 0 Å². The fraction of sp³-hybridized carbons (Fsp3) is 0.667. The van der Waals surface area contributed by atoms with Crippen molar-refractivity contribution in [2.45, 2.75) is 46.1 Å². The minimum Gasteiger partial charge on any atom is -0.384 e. The Kier molecular flexibility index (Phi) is 4.52. The number of hydrogen-bond donors (Lipinski definition) is 1. The molecule has 90 valence electrons. The molecule has 0 aliphatic rings. The molecule has 1 heterocycles. The molecule has 2 N–H and O–H groups in total. The molecule has 0 aromatic carbocycles. The summed E-state index contributed by atoms with van der Waals surface area (Å²) in [5.74, 6) is 2.32. The number of hydrogen-bond acceptors (Lipinski definition) is 4. The van der Waals surface area contributed by atoms with Crippen LogP contribution in [-0.2, 0) is 6.42 Å². The summed E-state index contributed by atoms with van der Waals surface area (Å²) < 4.78 is 0. The lowest BCUT2D eigenvalue weighted by atomic mass is 10.2. The molecule has 1 unspecified atom stereocenters. The lowest BCUT2D eigenvalue weighted by Crippen LogP contribution is -2.29. The van der Waals surface area contributed by atoms with E-state index >= 15 is 0 Å². The third-order valence-corrected chi connectivity index (χ3v) is 2.87. The van der Waals surface area contributed by atoms with Crippen molar-refractivity contribution in [3.63, 3.8) is 0 Å². The third kappa shape index (κ3) is 3.08. The molecule has 1 rings (SSSR count). The molecular weight excluding hydrogens is 200 g/mol. The summed E-state index contributed by atoms with van der Waals surface area (Å²) in [4.78, 5) is 10.9. The average Bonchev–Trinajstić information content (AvgIpc) is 2.26. The first kappa shape index (κ1) is 12.7. The van der Waals surface area contributed by atoms with E-state index in [1.165, 1.54) is 0 Å². The number of aryl methyl sites for hydroxylation is 1. The van der Waals surface area contributed by atoms with E-state index in [-0.39, 0.29) is 0 Å². The number of nitrogens with two attached hydrogens (primary N) is 1. The Labute approximate surface area is 97.9 Å². The molecule has 4 heteroatoms. The number of nitrogens with zero attached hydrogens (tertiary/aromatic N) is 3. The van der Waals surface area contributed by atoms with Crippen LogP contribution in [0.15, 0.2) is 6.07 Å². The van der Waals surface area contributed by atoms with Gasteiger partial charge in [0.05, 0.1) is 0 Å². The van der Waals surface area contributed by atoms with Gasteiger partial charge in [-0.15, -0.1) is 0 Å². The minimum atomic E-state index is 0.462. The highest BCUT2D eigenvalue weighted by molar-refractivity contribution is 5.47. The smallest absolute Gasteiger partial charge is 0.134 e. The zero-order valence-corrected chi connectivity index (χ0v) is 10.7. The van der Waals surface area contributed by atoms with Gasteiger partial charge in [0, 0.05) is 25.6 Å². The van der Waals surface area contributed by atoms with Crippen molar-refractivity contribution < 1.29 is 0 Å². The largest absolute Gasteiger partial charge is 0.384 e. The second kappa shape index (κ2) is 5.68. The highest BCUT2D eigenvalue weighted by atomic mass is 15.2. The first-order chi connectivity index (χ1) is 7.58. The van der Waals surface area contributed by atoms with Crippen LogP contribution in [0.5, 0.6) is 0 Å². The van der Waals surface area contributed by atoms with Crippen molar-refractivity contribution in [3.8, 4) is 0 Å². The highest BCUT2D eigenvalue weighted by Gasteiger charge is 2.11. The van der Waals surface area contributed by atoms with Gasteiger partial charge in [-0.25, -0.2) is 9.97 Å². The second-order valence-corrected chi connectivity index (χ2v) is 4.19. The van der Waals surface area contributed by atoms with E-state index < -0.39 is 0 Å². The summed E-state index contributed by atoms with van der Waals surface area (Å²) in [6, 6.07) is 2.30. The minimum absolute atomic E-state index is 0.462. The first-order valence-corrected chi connectivity index (χ1v) is 5.94. The van der Waals surface area contributed by atoms with Crippen LogP contribution in [0, 0.1) is 0 Å². The van der Waals surface area contributed by atoms with Crippen molar-refractivity contribution in [3.05, 3.63) is 11.9 Å². The van der Waals surface area contributed by atoms with E-state index in [0.29, 0.717) is 11.9 Å². The third-order valence-electron chi connectivity index (χ3n) is 2.87. The highest BCUT2D eigenvalue weighted by Crippen LogP contribution is 2.16. The van der Waals surface area contributed by atoms with Gasteiger partial charge < -0.3 is 10.6 Å². The molecule has 0 saturated heterocycles. The predicted octanol–water partition coefficient (Wildman–Crippen LogP) is 2.25. The Bertz CT molecular complexity index is 338. The maximum Gasteiger partial charge on any atom is 0.134 e. The summed E-state index contributed by atoms with van der Waals surface area (Å²) in [7, 11) is 2.05. The van der Waals surface area contributed by atoms with Crippen molar-refractivity contribution in [1.29, 1.82) is 0 Å². The van der Waals surface area contributed by atoms with Crippen LogP contribution >= 0.6 is 0 Å². The average molecular weight is 222 g/mol. The first-order valence-electron chi connectivity index (χ1n) is 5.94. The molecule has 1 aromatic heterocycles. The summed E-state index contributed by atoms with van der Waals surface area (Å²) in [6.45, 7) is 6.46. The molecule has 0 spiro atoms. The van der Waals surface area contributed by atoms with Gasteiger partial charge in [-0.2, -0.15) is 0 Å². The number of nitrogen functional groups attached to an aromatic ring is 1. The number of anilines is 2. The van der Waals surface area contributed by atoms with E-state index in [9.17, 15) is 0 Å². The molecule has 16 heavy (non-hydrogen) atoms. The molecular formula is C12H22N4. The topological polar surface area (TPSA) is 55.0 Å². The summed E-state index contributed by atoms with van der Waals surface area (Å²) in [6.07, 6.45) is 3.01. The van der Waals surface area contributed by atoms with Gasteiger partial charge in [0.25, 0.3) is 0 Å². The Morgan fingerprint density at radius 3 is 2.62 bits per heavy atom. The van der Waals surface area contributed by atoms with E-state index in [0.717, 1.165) is 30.9 Å². The molecule has 0 aliphatic heterocycles. The molecule has 0 radical (unpaired) electrons. The Hall–Kier alpha value is -1.32. The standard InChI is InChI=1S/C12H22N4/c1-5-7-11-14-10(13)8-12(15-11)16(4)9(3)6-2/h8-9H,5-7H2,1-4H3,(H2,13,14,15). The summed E-state index contributed by atoms with van der Waals surface area (Å²) in [5, 5.41) is 0. The Balaban J connectivity index is 2.94. The maximum atomic E-state index is 5.79. The lowest BCUT2D eigenvalue weighted by molar-refractivity contribution is 0.653. The van der Waals surface area contributed by atoms with Crippen molar-refractivity contribution in [2.24, 2.45) is 0 Å². The van der Waals surface area contributed by atoms with Crippen molar-refractivity contribution in [2.75, 3.05) is 17.7 Å². The van der Waals surface area contributed by atoms with Crippen LogP contribution in [-0.4, -0.2) is 23.1 Å². The van der Waals surface area contributed by atoms with Crippen LogP contribution in [0.1, 0.15) is 39.4 Å². The molecule has 1 aromatic rings. The summed E-state index contributed by atoms with van der Waals surface area (Å²) in [5.41, 5.74) is 5.79. The summed E-state index contributed by atoms with van der Waals surface area (Å²) >= 11 is 0. The van der Waals surface area contributed by atoms with Gasteiger partial charge in [-0.05, 0) is 19.8 Å². The van der Waals surface area contributed by atoms with Crippen LogP contribution in [0.4, 0.5) is 11.6 Å².